The van der Waals surface area contributed by atoms with Gasteiger partial charge in [-0.25, -0.2) is 8.42 Å². The Morgan fingerprint density at radius 3 is 2.32 bits per heavy atom. The summed E-state index contributed by atoms with van der Waals surface area (Å²) in [5.74, 6) is 0.537. The van der Waals surface area contributed by atoms with Crippen LogP contribution in [0.5, 0.6) is 5.75 Å². The van der Waals surface area contributed by atoms with Crippen LogP contribution in [0.3, 0.4) is 0 Å². The van der Waals surface area contributed by atoms with Gasteiger partial charge in [-0.3, -0.25) is 9.10 Å². The molecule has 162 valence electrons. The molecule has 7 heteroatoms. The molecule has 31 heavy (non-hydrogen) atoms. The molecule has 0 bridgehead atoms. The van der Waals surface area contributed by atoms with Crippen molar-refractivity contribution in [2.24, 2.45) is 0 Å². The molecule has 3 aromatic carbocycles. The van der Waals surface area contributed by atoms with Gasteiger partial charge in [-0.1, -0.05) is 36.4 Å². The minimum absolute atomic E-state index is 0.200. The van der Waals surface area contributed by atoms with Crippen LogP contribution in [0.2, 0.25) is 0 Å². The Balaban J connectivity index is 1.71. The summed E-state index contributed by atoms with van der Waals surface area (Å²) in [6, 6.07) is 21.0. The van der Waals surface area contributed by atoms with E-state index in [2.05, 4.69) is 5.32 Å². The average Bonchev–Trinajstić information content (AvgIpc) is 2.80. The maximum absolute atomic E-state index is 13.0. The van der Waals surface area contributed by atoms with Crippen molar-refractivity contribution in [1.82, 2.24) is 5.32 Å². The number of methoxy groups -OCH3 is 1. The second-order valence-electron chi connectivity index (χ2n) is 7.14. The van der Waals surface area contributed by atoms with Gasteiger partial charge >= 0.3 is 0 Å². The van der Waals surface area contributed by atoms with E-state index in [1.54, 1.807) is 55.6 Å². The van der Waals surface area contributed by atoms with Gasteiger partial charge in [-0.2, -0.15) is 0 Å². The maximum atomic E-state index is 13.0. The summed E-state index contributed by atoms with van der Waals surface area (Å²) in [5.41, 5.74) is 2.72. The molecule has 0 aromatic heterocycles. The average molecular weight is 439 g/mol. The van der Waals surface area contributed by atoms with Gasteiger partial charge in [-0.15, -0.1) is 0 Å². The summed E-state index contributed by atoms with van der Waals surface area (Å²) in [6.45, 7) is 2.28. The summed E-state index contributed by atoms with van der Waals surface area (Å²) in [7, 11) is -0.610. The topological polar surface area (TPSA) is 75.7 Å². The quantitative estimate of drug-likeness (QED) is 0.580. The van der Waals surface area contributed by atoms with E-state index < -0.39 is 10.0 Å². The number of hydrogen-bond acceptors (Lipinski definition) is 4. The summed E-state index contributed by atoms with van der Waals surface area (Å²) >= 11 is 0. The van der Waals surface area contributed by atoms with Crippen LogP contribution in [0, 0.1) is 6.92 Å². The normalized spacial score (nSPS) is 11.1. The number of nitrogens with zero attached hydrogens (tertiary/aromatic N) is 1. The molecule has 0 saturated heterocycles. The highest BCUT2D eigenvalue weighted by Gasteiger charge is 2.23. The van der Waals surface area contributed by atoms with E-state index in [0.29, 0.717) is 24.2 Å². The van der Waals surface area contributed by atoms with Gasteiger partial charge < -0.3 is 10.1 Å². The number of nitrogens with one attached hydrogen (secondary N) is 1. The lowest BCUT2D eigenvalue weighted by molar-refractivity contribution is 0.0954. The van der Waals surface area contributed by atoms with E-state index in [9.17, 15) is 13.2 Å². The molecular formula is C24H26N2O4S. The van der Waals surface area contributed by atoms with E-state index in [1.165, 1.54) is 11.4 Å². The van der Waals surface area contributed by atoms with Crippen LogP contribution in [0.1, 0.15) is 21.5 Å². The molecule has 0 spiro atoms. The maximum Gasteiger partial charge on any atom is 0.264 e. The Morgan fingerprint density at radius 2 is 1.68 bits per heavy atom. The second kappa shape index (κ2) is 9.66. The Labute approximate surface area is 183 Å². The molecular weight excluding hydrogens is 412 g/mol. The fourth-order valence-electron chi connectivity index (χ4n) is 3.18. The Kier molecular flexibility index (Phi) is 6.97. The first-order valence-electron chi connectivity index (χ1n) is 9.88. The Morgan fingerprint density at radius 1 is 1.00 bits per heavy atom. The van der Waals surface area contributed by atoms with Crippen LogP contribution >= 0.6 is 0 Å². The zero-order valence-electron chi connectivity index (χ0n) is 17.8. The van der Waals surface area contributed by atoms with Crippen LogP contribution in [-0.4, -0.2) is 35.0 Å². The van der Waals surface area contributed by atoms with Crippen molar-refractivity contribution >= 4 is 21.6 Å². The van der Waals surface area contributed by atoms with Gasteiger partial charge in [0.2, 0.25) is 0 Å². The van der Waals surface area contributed by atoms with Gasteiger partial charge in [0.15, 0.2) is 0 Å². The molecule has 0 atom stereocenters. The number of hydrogen-bond donors (Lipinski definition) is 1. The molecule has 1 N–H and O–H groups in total. The molecule has 0 radical (unpaired) electrons. The predicted molar refractivity (Wildman–Crippen MR) is 122 cm³/mol. The van der Waals surface area contributed by atoms with Crippen molar-refractivity contribution in [3.63, 3.8) is 0 Å². The van der Waals surface area contributed by atoms with Gasteiger partial charge in [0.1, 0.15) is 5.75 Å². The second-order valence-corrected chi connectivity index (χ2v) is 9.11. The largest absolute Gasteiger partial charge is 0.497 e. The zero-order valence-corrected chi connectivity index (χ0v) is 18.6. The number of carbonyl (C=O) groups excluding carboxylic acids is 1. The monoisotopic (exact) mass is 438 g/mol. The SMILES string of the molecule is COc1ccc(CCNC(=O)c2ccc(C)c(N(C)S(=O)(=O)c3ccccc3)c2)cc1. The fourth-order valence-corrected chi connectivity index (χ4v) is 4.46. The van der Waals surface area contributed by atoms with Gasteiger partial charge in [0.25, 0.3) is 15.9 Å². The van der Waals surface area contributed by atoms with Crippen LogP contribution in [0.4, 0.5) is 5.69 Å². The lowest BCUT2D eigenvalue weighted by atomic mass is 10.1. The third-order valence-corrected chi connectivity index (χ3v) is 6.86. The smallest absolute Gasteiger partial charge is 0.264 e. The molecule has 0 saturated carbocycles. The van der Waals surface area contributed by atoms with Crippen molar-refractivity contribution in [2.45, 2.75) is 18.2 Å². The summed E-state index contributed by atoms with van der Waals surface area (Å²) < 4.78 is 32.3. The molecule has 6 nitrogen and oxygen atoms in total. The Hall–Kier alpha value is -3.32. The number of ether oxygens (including phenoxy) is 1. The molecule has 1 amide bonds. The lowest BCUT2D eigenvalue weighted by Crippen LogP contribution is -2.29. The van der Waals surface area contributed by atoms with Crippen LogP contribution in [0.15, 0.2) is 77.7 Å². The van der Waals surface area contributed by atoms with Crippen molar-refractivity contribution in [1.29, 1.82) is 0 Å². The first kappa shape index (κ1) is 22.4. The molecule has 0 aliphatic rings. The van der Waals surface area contributed by atoms with E-state index in [0.717, 1.165) is 16.9 Å². The first-order valence-corrected chi connectivity index (χ1v) is 11.3. The number of sulfonamides is 1. The van der Waals surface area contributed by atoms with Crippen LogP contribution in [-0.2, 0) is 16.4 Å². The molecule has 3 rings (SSSR count). The van der Waals surface area contributed by atoms with Crippen molar-refractivity contribution in [3.05, 3.63) is 89.5 Å². The molecule has 0 unspecified atom stereocenters. The first-order chi connectivity index (χ1) is 14.8. The third kappa shape index (κ3) is 5.24. The highest BCUT2D eigenvalue weighted by molar-refractivity contribution is 7.92. The van der Waals surface area contributed by atoms with Gasteiger partial charge in [0, 0.05) is 19.2 Å². The summed E-state index contributed by atoms with van der Waals surface area (Å²) in [6.07, 6.45) is 0.677. The van der Waals surface area contributed by atoms with Gasteiger partial charge in [-0.05, 0) is 60.9 Å². The molecule has 0 heterocycles. The highest BCUT2D eigenvalue weighted by Crippen LogP contribution is 2.26. The van der Waals surface area contributed by atoms with Crippen molar-refractivity contribution in [3.8, 4) is 5.75 Å². The standard InChI is InChI=1S/C24H26N2O4S/c1-18-9-12-20(24(27)25-16-15-19-10-13-21(30-3)14-11-19)17-23(18)26(2)31(28,29)22-7-5-4-6-8-22/h4-14,17H,15-16H2,1-3H3,(H,25,27). The molecule has 0 aliphatic carbocycles. The van der Waals surface area contributed by atoms with Crippen molar-refractivity contribution < 1.29 is 17.9 Å². The number of benzene rings is 3. The zero-order chi connectivity index (χ0) is 22.4. The fraction of sp³-hybridized carbons (Fsp3) is 0.208. The van der Waals surface area contributed by atoms with E-state index in [-0.39, 0.29) is 10.8 Å². The van der Waals surface area contributed by atoms with E-state index >= 15 is 0 Å². The molecule has 0 aliphatic heterocycles. The number of amides is 1. The summed E-state index contributed by atoms with van der Waals surface area (Å²) in [4.78, 5) is 12.8. The van der Waals surface area contributed by atoms with Crippen LogP contribution < -0.4 is 14.4 Å². The van der Waals surface area contributed by atoms with Crippen LogP contribution in [0.25, 0.3) is 0 Å². The lowest BCUT2D eigenvalue weighted by Gasteiger charge is -2.22. The van der Waals surface area contributed by atoms with E-state index in [1.807, 2.05) is 31.2 Å². The minimum Gasteiger partial charge on any atom is -0.497 e. The predicted octanol–water partition coefficient (Wildman–Crippen LogP) is 3.80. The number of anilines is 1. The summed E-state index contributed by atoms with van der Waals surface area (Å²) in [5, 5.41) is 2.89. The highest BCUT2D eigenvalue weighted by atomic mass is 32.2. The minimum atomic E-state index is -3.72. The number of carbonyl (C=O) groups is 1. The Bertz CT molecular complexity index is 1140. The number of rotatable bonds is 8. The van der Waals surface area contributed by atoms with Crippen molar-refractivity contribution in [2.75, 3.05) is 25.0 Å². The molecule has 3 aromatic rings. The third-order valence-electron chi connectivity index (χ3n) is 5.07. The van der Waals surface area contributed by atoms with E-state index in [4.69, 9.17) is 4.74 Å². The van der Waals surface area contributed by atoms with Gasteiger partial charge in [0.05, 0.1) is 17.7 Å². The number of aryl methyl sites for hydroxylation is 1. The molecule has 0 fully saturated rings.